The molecule has 4 nitrogen and oxygen atoms in total. The lowest BCUT2D eigenvalue weighted by Crippen LogP contribution is -2.32. The van der Waals surface area contributed by atoms with Crippen molar-refractivity contribution in [2.24, 2.45) is 0 Å². The van der Waals surface area contributed by atoms with Crippen LogP contribution in [-0.2, 0) is 4.74 Å². The zero-order valence-electron chi connectivity index (χ0n) is 12.5. The molecule has 0 aliphatic rings. The van der Waals surface area contributed by atoms with Crippen LogP contribution in [0.5, 0.6) is 0 Å². The maximum Gasteiger partial charge on any atom is 0.408 e. The third-order valence-electron chi connectivity index (χ3n) is 2.30. The average Bonchev–Trinajstić information content (AvgIpc) is 2.34. The van der Waals surface area contributed by atoms with Gasteiger partial charge in [0.05, 0.1) is 11.6 Å². The molecule has 0 atom stereocenters. The highest BCUT2D eigenvalue weighted by molar-refractivity contribution is 6.33. The van der Waals surface area contributed by atoms with Crippen LogP contribution in [0.25, 0.3) is 0 Å². The van der Waals surface area contributed by atoms with Gasteiger partial charge in [0.25, 0.3) is 0 Å². The van der Waals surface area contributed by atoms with Crippen LogP contribution in [0.1, 0.15) is 43.6 Å². The minimum Gasteiger partial charge on any atom is -0.444 e. The fourth-order valence-corrected chi connectivity index (χ4v) is 1.70. The Morgan fingerprint density at radius 3 is 2.57 bits per heavy atom. The van der Waals surface area contributed by atoms with E-state index in [1.54, 1.807) is 39.0 Å². The molecule has 1 rings (SSSR count). The quantitative estimate of drug-likeness (QED) is 0.673. The molecule has 21 heavy (non-hydrogen) atoms. The number of hydrogen-bond donors (Lipinski definition) is 1. The van der Waals surface area contributed by atoms with Crippen molar-refractivity contribution in [2.75, 3.05) is 6.54 Å². The summed E-state index contributed by atoms with van der Waals surface area (Å²) in [7, 11) is 0. The zero-order chi connectivity index (χ0) is 16.0. The van der Waals surface area contributed by atoms with E-state index in [1.165, 1.54) is 6.92 Å². The minimum atomic E-state index is -0.538. The van der Waals surface area contributed by atoms with Crippen molar-refractivity contribution in [1.29, 1.82) is 0 Å². The number of ether oxygens (including phenoxy) is 1. The molecule has 1 N–H and O–H groups in total. The van der Waals surface area contributed by atoms with E-state index in [1.807, 2.05) is 0 Å². The van der Waals surface area contributed by atoms with Gasteiger partial charge in [-0.1, -0.05) is 23.4 Å². The Balaban J connectivity index is 2.62. The number of hydrogen-bond acceptors (Lipinski definition) is 3. The van der Waals surface area contributed by atoms with Gasteiger partial charge in [0.2, 0.25) is 0 Å². The molecule has 0 saturated carbocycles. The largest absolute Gasteiger partial charge is 0.444 e. The molecule has 0 radical (unpaired) electrons. The van der Waals surface area contributed by atoms with Gasteiger partial charge < -0.3 is 10.1 Å². The predicted molar refractivity (Wildman–Crippen MR) is 82.6 cm³/mol. The number of nitrogens with one attached hydrogen (secondary N) is 1. The molecule has 112 valence electrons. The second-order valence-corrected chi connectivity index (χ2v) is 5.82. The number of alkyl carbamates (subject to hydrolysis) is 1. The van der Waals surface area contributed by atoms with Crippen LogP contribution in [0, 0.1) is 11.8 Å². The molecule has 0 aliphatic carbocycles. The van der Waals surface area contributed by atoms with Gasteiger partial charge in [0.1, 0.15) is 5.60 Å². The second-order valence-electron chi connectivity index (χ2n) is 5.41. The van der Waals surface area contributed by atoms with E-state index in [9.17, 15) is 9.59 Å². The number of Topliss-reactive ketones (excluding diaryl/α,β-unsaturated/α-hetero) is 1. The molecule has 0 spiro atoms. The molecule has 1 aromatic rings. The summed E-state index contributed by atoms with van der Waals surface area (Å²) in [5.41, 5.74) is 0.559. The normalized spacial score (nSPS) is 10.3. The van der Waals surface area contributed by atoms with E-state index in [2.05, 4.69) is 17.2 Å². The van der Waals surface area contributed by atoms with Crippen molar-refractivity contribution in [3.05, 3.63) is 34.3 Å². The first-order valence-corrected chi connectivity index (χ1v) is 6.83. The molecular weight excluding hydrogens is 290 g/mol. The van der Waals surface area contributed by atoms with Crippen molar-refractivity contribution in [2.45, 2.75) is 33.3 Å². The van der Waals surface area contributed by atoms with Gasteiger partial charge in [-0.2, -0.15) is 0 Å². The highest BCUT2D eigenvalue weighted by Gasteiger charge is 2.15. The van der Waals surface area contributed by atoms with Crippen LogP contribution in [-0.4, -0.2) is 24.0 Å². The highest BCUT2D eigenvalue weighted by Crippen LogP contribution is 2.17. The molecule has 0 bridgehead atoms. The van der Waals surface area contributed by atoms with E-state index in [0.29, 0.717) is 16.1 Å². The lowest BCUT2D eigenvalue weighted by molar-refractivity contribution is 0.0535. The van der Waals surface area contributed by atoms with Crippen LogP contribution in [0.2, 0.25) is 5.02 Å². The summed E-state index contributed by atoms with van der Waals surface area (Å²) in [6.07, 6.45) is -0.516. The zero-order valence-corrected chi connectivity index (χ0v) is 13.3. The first-order chi connectivity index (χ1) is 9.69. The molecule has 5 heteroatoms. The average molecular weight is 308 g/mol. The van der Waals surface area contributed by atoms with Gasteiger partial charge in [-0.05, 0) is 45.9 Å². The Hall–Kier alpha value is -1.99. The first-order valence-electron chi connectivity index (χ1n) is 6.45. The third-order valence-corrected chi connectivity index (χ3v) is 2.63. The van der Waals surface area contributed by atoms with Gasteiger partial charge in [-0.25, -0.2) is 4.79 Å². The van der Waals surface area contributed by atoms with Crippen LogP contribution in [0.4, 0.5) is 4.79 Å². The maximum atomic E-state index is 11.4. The van der Waals surface area contributed by atoms with E-state index in [4.69, 9.17) is 16.3 Å². The van der Waals surface area contributed by atoms with Crippen molar-refractivity contribution >= 4 is 23.5 Å². The van der Waals surface area contributed by atoms with Crippen LogP contribution >= 0.6 is 11.6 Å². The fourth-order valence-electron chi connectivity index (χ4n) is 1.45. The number of ketones is 1. The van der Waals surface area contributed by atoms with Crippen LogP contribution in [0.3, 0.4) is 0 Å². The Morgan fingerprint density at radius 1 is 1.33 bits per heavy atom. The number of carbonyl (C=O) groups is 2. The molecule has 0 aliphatic heterocycles. The third kappa shape index (κ3) is 6.33. The van der Waals surface area contributed by atoms with Gasteiger partial charge in [-0.15, -0.1) is 0 Å². The van der Waals surface area contributed by atoms with Gasteiger partial charge in [0.15, 0.2) is 5.78 Å². The Bertz CT molecular complexity index is 606. The maximum absolute atomic E-state index is 11.4. The molecule has 0 unspecified atom stereocenters. The lowest BCUT2D eigenvalue weighted by atomic mass is 10.1. The highest BCUT2D eigenvalue weighted by atomic mass is 35.5. The molecule has 1 aromatic carbocycles. The summed E-state index contributed by atoms with van der Waals surface area (Å²) in [4.78, 5) is 22.8. The molecule has 1 amide bonds. The monoisotopic (exact) mass is 307 g/mol. The van der Waals surface area contributed by atoms with E-state index in [0.717, 1.165) is 0 Å². The van der Waals surface area contributed by atoms with E-state index < -0.39 is 11.7 Å². The number of benzene rings is 1. The second kappa shape index (κ2) is 7.14. The predicted octanol–water partition coefficient (Wildman–Crippen LogP) is 3.42. The molecule has 0 fully saturated rings. The van der Waals surface area contributed by atoms with Gasteiger partial charge >= 0.3 is 6.09 Å². The summed E-state index contributed by atoms with van der Waals surface area (Å²) in [5, 5.41) is 2.93. The molecule has 0 heterocycles. The molecule has 0 aromatic heterocycles. The number of rotatable bonds is 2. The first kappa shape index (κ1) is 17.1. The SMILES string of the molecule is CC(=O)c1cc(C#CCNC(=O)OC(C)(C)C)ccc1Cl. The summed E-state index contributed by atoms with van der Waals surface area (Å²) in [6.45, 7) is 6.97. The summed E-state index contributed by atoms with van der Waals surface area (Å²) in [5.74, 6) is 5.53. The van der Waals surface area contributed by atoms with Crippen molar-refractivity contribution in [1.82, 2.24) is 5.32 Å². The Kier molecular flexibility index (Phi) is 5.80. The van der Waals surface area contributed by atoms with Gasteiger partial charge in [-0.3, -0.25) is 4.79 Å². The van der Waals surface area contributed by atoms with Gasteiger partial charge in [0, 0.05) is 11.1 Å². The number of carbonyl (C=O) groups excluding carboxylic acids is 2. The Labute approximate surface area is 129 Å². The minimum absolute atomic E-state index is 0.115. The fraction of sp³-hybridized carbons (Fsp3) is 0.375. The van der Waals surface area contributed by atoms with E-state index in [-0.39, 0.29) is 12.3 Å². The van der Waals surface area contributed by atoms with Crippen LogP contribution in [0.15, 0.2) is 18.2 Å². The standard InChI is InChI=1S/C16H18ClNO3/c1-11(19)13-10-12(7-8-14(13)17)6-5-9-18-15(20)21-16(2,3)4/h7-8,10H,9H2,1-4H3,(H,18,20). The van der Waals surface area contributed by atoms with Crippen LogP contribution < -0.4 is 5.32 Å². The lowest BCUT2D eigenvalue weighted by Gasteiger charge is -2.18. The van der Waals surface area contributed by atoms with Crippen molar-refractivity contribution in [3.8, 4) is 11.8 Å². The Morgan fingerprint density at radius 2 is 2.00 bits per heavy atom. The topological polar surface area (TPSA) is 55.4 Å². The summed E-state index contributed by atoms with van der Waals surface area (Å²) in [6, 6.07) is 4.98. The summed E-state index contributed by atoms with van der Waals surface area (Å²) < 4.78 is 5.08. The summed E-state index contributed by atoms with van der Waals surface area (Å²) >= 11 is 5.91. The smallest absolute Gasteiger partial charge is 0.408 e. The van der Waals surface area contributed by atoms with E-state index >= 15 is 0 Å². The molecular formula is C16H18ClNO3. The number of halogens is 1. The number of amides is 1. The van der Waals surface area contributed by atoms with Crippen molar-refractivity contribution in [3.63, 3.8) is 0 Å². The molecule has 0 saturated heterocycles. The van der Waals surface area contributed by atoms with Crippen molar-refractivity contribution < 1.29 is 14.3 Å².